The van der Waals surface area contributed by atoms with E-state index in [0.717, 1.165) is 32.8 Å². The molecule has 1 amide bonds. The lowest BCUT2D eigenvalue weighted by Crippen LogP contribution is -2.36. The summed E-state index contributed by atoms with van der Waals surface area (Å²) in [5.74, 6) is -0.423. The highest BCUT2D eigenvalue weighted by molar-refractivity contribution is 5.98. The van der Waals surface area contributed by atoms with Gasteiger partial charge in [0, 0.05) is 31.3 Å². The summed E-state index contributed by atoms with van der Waals surface area (Å²) in [5.41, 5.74) is 4.40. The fraction of sp³-hybridized carbons (Fsp3) is 0.409. The maximum absolute atomic E-state index is 13.8. The molecular weight excluding hydrogens is 421 g/mol. The topological polar surface area (TPSA) is 76.8 Å². The van der Waals surface area contributed by atoms with E-state index in [-0.39, 0.29) is 24.3 Å². The molecule has 0 radical (unpaired) electrons. The molecular formula is C22H25F3N6O. The first-order chi connectivity index (χ1) is 15.1. The highest BCUT2D eigenvalue weighted by atomic mass is 19.4. The van der Waals surface area contributed by atoms with Crippen LogP contribution in [0.3, 0.4) is 0 Å². The summed E-state index contributed by atoms with van der Waals surface area (Å²) in [6, 6.07) is 4.91. The third-order valence-electron chi connectivity index (χ3n) is 6.05. The molecule has 3 heterocycles. The molecule has 0 spiro atoms. The molecule has 0 aliphatic carbocycles. The number of carbonyl (C=O) groups excluding carboxylic acids is 1. The molecule has 1 aliphatic rings. The quantitative estimate of drug-likeness (QED) is 0.632. The van der Waals surface area contributed by atoms with E-state index in [1.807, 2.05) is 40.0 Å². The first-order valence-electron chi connectivity index (χ1n) is 10.3. The Balaban J connectivity index is 1.63. The van der Waals surface area contributed by atoms with E-state index >= 15 is 0 Å². The van der Waals surface area contributed by atoms with Crippen molar-refractivity contribution in [2.75, 3.05) is 5.32 Å². The number of nitrogens with zero attached hydrogens (tertiary/aromatic N) is 4. The highest BCUT2D eigenvalue weighted by Crippen LogP contribution is 2.44. The van der Waals surface area contributed by atoms with Crippen LogP contribution in [0, 0.1) is 20.8 Å². The van der Waals surface area contributed by atoms with E-state index in [1.165, 1.54) is 6.20 Å². The third-order valence-corrected chi connectivity index (χ3v) is 6.05. The second-order valence-corrected chi connectivity index (χ2v) is 8.21. The highest BCUT2D eigenvalue weighted by Gasteiger charge is 2.47. The second kappa shape index (κ2) is 7.99. The van der Waals surface area contributed by atoms with Gasteiger partial charge in [0.05, 0.1) is 17.9 Å². The first-order valence-corrected chi connectivity index (χ1v) is 10.3. The Kier molecular flexibility index (Phi) is 5.47. The number of carbonyl (C=O) groups is 1. The van der Waals surface area contributed by atoms with Crippen LogP contribution in [0.15, 0.2) is 30.5 Å². The van der Waals surface area contributed by atoms with Gasteiger partial charge in [-0.15, -0.1) is 0 Å². The van der Waals surface area contributed by atoms with Crippen molar-refractivity contribution in [2.24, 2.45) is 7.05 Å². The number of hydrogen-bond acceptors (Lipinski definition) is 4. The number of hydrogen-bond donors (Lipinski definition) is 2. The molecule has 3 aromatic rings. The van der Waals surface area contributed by atoms with Crippen molar-refractivity contribution in [3.63, 3.8) is 0 Å². The van der Waals surface area contributed by atoms with Crippen LogP contribution in [-0.2, 0) is 13.6 Å². The molecule has 1 aliphatic heterocycles. The monoisotopic (exact) mass is 446 g/mol. The van der Waals surface area contributed by atoms with Gasteiger partial charge in [0.25, 0.3) is 5.91 Å². The predicted octanol–water partition coefficient (Wildman–Crippen LogP) is 4.13. The fourth-order valence-corrected chi connectivity index (χ4v) is 4.08. The first kappa shape index (κ1) is 21.9. The molecule has 4 rings (SSSR count). The Hall–Kier alpha value is -3.30. The Bertz CT molecular complexity index is 1150. The summed E-state index contributed by atoms with van der Waals surface area (Å²) in [7, 11) is 1.81. The van der Waals surface area contributed by atoms with Crippen molar-refractivity contribution >= 4 is 11.7 Å². The maximum Gasteiger partial charge on any atom is 0.410 e. The third kappa shape index (κ3) is 3.96. The van der Waals surface area contributed by atoms with Crippen LogP contribution in [0.1, 0.15) is 56.9 Å². The number of alkyl halides is 3. The van der Waals surface area contributed by atoms with Crippen LogP contribution in [0.4, 0.5) is 19.0 Å². The van der Waals surface area contributed by atoms with Crippen molar-refractivity contribution in [3.8, 4) is 0 Å². The Labute approximate surface area is 183 Å². The van der Waals surface area contributed by atoms with Crippen molar-refractivity contribution in [3.05, 3.63) is 64.1 Å². The molecule has 7 nitrogen and oxygen atoms in total. The van der Waals surface area contributed by atoms with E-state index in [0.29, 0.717) is 0 Å². The molecule has 1 aromatic carbocycles. The molecule has 2 unspecified atom stereocenters. The van der Waals surface area contributed by atoms with Crippen LogP contribution >= 0.6 is 0 Å². The summed E-state index contributed by atoms with van der Waals surface area (Å²) >= 11 is 0. The average Bonchev–Trinajstić information content (AvgIpc) is 3.26. The average molecular weight is 446 g/mol. The van der Waals surface area contributed by atoms with Crippen LogP contribution in [-0.4, -0.2) is 31.6 Å². The molecule has 2 atom stereocenters. The Morgan fingerprint density at radius 2 is 1.91 bits per heavy atom. The number of rotatable bonds is 4. The van der Waals surface area contributed by atoms with Crippen molar-refractivity contribution < 1.29 is 18.0 Å². The van der Waals surface area contributed by atoms with Crippen LogP contribution < -0.4 is 10.6 Å². The lowest BCUT2D eigenvalue weighted by Gasteiger charge is -2.34. The maximum atomic E-state index is 13.8. The number of aromatic nitrogens is 4. The number of halogens is 3. The number of anilines is 1. The van der Waals surface area contributed by atoms with Gasteiger partial charge < -0.3 is 10.6 Å². The smallest absolute Gasteiger partial charge is 0.363 e. The standard InChI is InChI=1S/C22H25F3N6O/c1-12-5-7-15(8-6-12)18-9-19(22(23,24)25)31-20(28-18)17(11-27-31)21(32)26-10-16-13(2)29-30(4)14(16)3/h5-8,11,18-19,28H,9-10H2,1-4H3,(H,26,32). The molecule has 0 fully saturated rings. The van der Waals surface area contributed by atoms with Gasteiger partial charge in [-0.3, -0.25) is 9.48 Å². The largest absolute Gasteiger partial charge is 0.410 e. The minimum absolute atomic E-state index is 0.0706. The lowest BCUT2D eigenvalue weighted by molar-refractivity contribution is -0.173. The summed E-state index contributed by atoms with van der Waals surface area (Å²) in [6.45, 7) is 5.88. The number of amides is 1. The minimum Gasteiger partial charge on any atom is -0.363 e. The van der Waals surface area contributed by atoms with Crippen LogP contribution in [0.25, 0.3) is 0 Å². The molecule has 0 saturated heterocycles. The molecule has 0 bridgehead atoms. The minimum atomic E-state index is -4.50. The van der Waals surface area contributed by atoms with Gasteiger partial charge in [-0.2, -0.15) is 23.4 Å². The van der Waals surface area contributed by atoms with E-state index < -0.39 is 24.2 Å². The van der Waals surface area contributed by atoms with Crippen molar-refractivity contribution in [1.29, 1.82) is 0 Å². The lowest BCUT2D eigenvalue weighted by atomic mass is 9.96. The van der Waals surface area contributed by atoms with E-state index in [9.17, 15) is 18.0 Å². The number of benzene rings is 1. The van der Waals surface area contributed by atoms with E-state index in [4.69, 9.17) is 0 Å². The van der Waals surface area contributed by atoms with Gasteiger partial charge in [-0.05, 0) is 26.3 Å². The zero-order valence-corrected chi connectivity index (χ0v) is 18.3. The van der Waals surface area contributed by atoms with Crippen molar-refractivity contribution in [2.45, 2.75) is 52.0 Å². The van der Waals surface area contributed by atoms with Crippen LogP contribution in [0.5, 0.6) is 0 Å². The molecule has 10 heteroatoms. The van der Waals surface area contributed by atoms with E-state index in [1.54, 1.807) is 16.8 Å². The van der Waals surface area contributed by atoms with Gasteiger partial charge in [0.15, 0.2) is 6.04 Å². The molecule has 2 aromatic heterocycles. The molecule has 0 saturated carbocycles. The molecule has 2 N–H and O–H groups in total. The van der Waals surface area contributed by atoms with Gasteiger partial charge in [-0.25, -0.2) is 4.68 Å². The van der Waals surface area contributed by atoms with Gasteiger partial charge in [0.2, 0.25) is 0 Å². The summed E-state index contributed by atoms with van der Waals surface area (Å²) in [5, 5.41) is 14.1. The molecule has 170 valence electrons. The Morgan fingerprint density at radius 1 is 1.22 bits per heavy atom. The van der Waals surface area contributed by atoms with Crippen LogP contribution in [0.2, 0.25) is 0 Å². The second-order valence-electron chi connectivity index (χ2n) is 8.21. The fourth-order valence-electron chi connectivity index (χ4n) is 4.08. The van der Waals surface area contributed by atoms with Crippen molar-refractivity contribution in [1.82, 2.24) is 24.9 Å². The predicted molar refractivity (Wildman–Crippen MR) is 113 cm³/mol. The molecule has 32 heavy (non-hydrogen) atoms. The normalized spacial score (nSPS) is 18.2. The van der Waals surface area contributed by atoms with E-state index in [2.05, 4.69) is 20.8 Å². The zero-order valence-electron chi connectivity index (χ0n) is 18.3. The number of fused-ring (bicyclic) bond motifs is 1. The number of aryl methyl sites for hydroxylation is 3. The van der Waals surface area contributed by atoms with Gasteiger partial charge in [-0.1, -0.05) is 29.8 Å². The Morgan fingerprint density at radius 3 is 2.50 bits per heavy atom. The summed E-state index contributed by atoms with van der Waals surface area (Å²) in [6.07, 6.45) is -3.52. The SMILES string of the molecule is Cc1ccc(C2CC(C(F)(F)F)n3ncc(C(=O)NCc4c(C)nn(C)c4C)c3N2)cc1. The van der Waals surface area contributed by atoms with Gasteiger partial charge in [0.1, 0.15) is 11.4 Å². The zero-order chi connectivity index (χ0) is 23.2. The van der Waals surface area contributed by atoms with Gasteiger partial charge >= 0.3 is 6.18 Å². The summed E-state index contributed by atoms with van der Waals surface area (Å²) < 4.78 is 44.1. The summed E-state index contributed by atoms with van der Waals surface area (Å²) in [4.78, 5) is 12.9. The number of nitrogens with one attached hydrogen (secondary N) is 2.